The minimum Gasteiger partial charge on any atom is -0.496 e. The van der Waals surface area contributed by atoms with Gasteiger partial charge in [0.1, 0.15) is 11.8 Å². The largest absolute Gasteiger partial charge is 0.496 e. The van der Waals surface area contributed by atoms with Crippen molar-refractivity contribution < 1.29 is 14.8 Å². The molecular weight excluding hydrogens is 392 g/mol. The Morgan fingerprint density at radius 1 is 1.12 bits per heavy atom. The fraction of sp³-hybridized carbons (Fsp3) is 0.381. The van der Waals surface area contributed by atoms with Crippen LogP contribution in [-0.4, -0.2) is 31.0 Å². The molecule has 0 saturated carbocycles. The van der Waals surface area contributed by atoms with Crippen molar-refractivity contribution in [1.29, 1.82) is 0 Å². The number of ether oxygens (including phenoxy) is 1. The van der Waals surface area contributed by atoms with Crippen LogP contribution in [0.5, 0.6) is 5.75 Å². The topological polar surface area (TPSA) is 46.2 Å². The molecule has 2 aromatic carbocycles. The summed E-state index contributed by atoms with van der Waals surface area (Å²) in [5.41, 5.74) is 2.18. The molecule has 0 aliphatic heterocycles. The number of rotatable bonds is 8. The van der Waals surface area contributed by atoms with Crippen LogP contribution in [0.15, 0.2) is 53.0 Å². The van der Waals surface area contributed by atoms with E-state index in [9.17, 15) is 4.79 Å². The second kappa shape index (κ2) is 9.74. The smallest absolute Gasteiger partial charge is 0.285 e. The van der Waals surface area contributed by atoms with E-state index in [2.05, 4.69) is 40.3 Å². The van der Waals surface area contributed by atoms with Crippen LogP contribution >= 0.6 is 15.9 Å². The van der Waals surface area contributed by atoms with Crippen LogP contribution < -0.4 is 10.1 Å². The van der Waals surface area contributed by atoms with Crippen molar-refractivity contribution in [3.8, 4) is 5.75 Å². The summed E-state index contributed by atoms with van der Waals surface area (Å²) in [7, 11) is 1.66. The van der Waals surface area contributed by atoms with Crippen molar-refractivity contribution in [1.82, 2.24) is 4.90 Å². The molecule has 2 atom stereocenters. The molecule has 0 unspecified atom stereocenters. The molecule has 2 rings (SSSR count). The Morgan fingerprint density at radius 2 is 1.77 bits per heavy atom. The number of halogens is 1. The first-order valence-electron chi connectivity index (χ1n) is 9.03. The van der Waals surface area contributed by atoms with Crippen LogP contribution in [0.1, 0.15) is 44.0 Å². The highest BCUT2D eigenvalue weighted by Gasteiger charge is 2.30. The maximum atomic E-state index is 13.1. The standard InChI is InChI=1S/C21H27BrN2O2/c1-5-24(6-2)21(25)20(16-10-8-7-9-11-16)23-15(3)17-12-13-19(26-4)18(22)14-17/h7-15,20,23H,5-6H2,1-4H3/p+1/t15-,20-/m1/s1. The normalized spacial score (nSPS) is 13.1. The van der Waals surface area contributed by atoms with E-state index >= 15 is 0 Å². The van der Waals surface area contributed by atoms with E-state index in [1.807, 2.05) is 55.1 Å². The lowest BCUT2D eigenvalue weighted by atomic mass is 10.0. The summed E-state index contributed by atoms with van der Waals surface area (Å²) in [6.45, 7) is 7.60. The maximum Gasteiger partial charge on any atom is 0.285 e. The molecule has 1 amide bonds. The van der Waals surface area contributed by atoms with Gasteiger partial charge in [0.05, 0.1) is 11.6 Å². The molecule has 4 nitrogen and oxygen atoms in total. The first-order chi connectivity index (χ1) is 12.5. The third-order valence-corrected chi connectivity index (χ3v) is 5.30. The second-order valence-electron chi connectivity index (χ2n) is 6.27. The van der Waals surface area contributed by atoms with Gasteiger partial charge in [-0.3, -0.25) is 4.79 Å². The molecule has 0 bridgehead atoms. The molecule has 0 aliphatic rings. The summed E-state index contributed by atoms with van der Waals surface area (Å²) in [6.07, 6.45) is 0. The molecule has 5 heteroatoms. The number of hydrogen-bond acceptors (Lipinski definition) is 2. The highest BCUT2D eigenvalue weighted by molar-refractivity contribution is 9.10. The Balaban J connectivity index is 2.28. The van der Waals surface area contributed by atoms with Gasteiger partial charge in [-0.25, -0.2) is 0 Å². The predicted molar refractivity (Wildman–Crippen MR) is 108 cm³/mol. The highest BCUT2D eigenvalue weighted by atomic mass is 79.9. The summed E-state index contributed by atoms with van der Waals surface area (Å²) in [5, 5.41) is 2.14. The third kappa shape index (κ3) is 4.86. The Bertz CT molecular complexity index is 717. The average Bonchev–Trinajstić information content (AvgIpc) is 2.67. The SMILES string of the molecule is CCN(CC)C(=O)[C@H]([NH2+][C@H](C)c1ccc(OC)c(Br)c1)c1ccccc1. The molecule has 0 heterocycles. The number of methoxy groups -OCH3 is 1. The van der Waals surface area contributed by atoms with Gasteiger partial charge in [-0.15, -0.1) is 0 Å². The van der Waals surface area contributed by atoms with E-state index < -0.39 is 0 Å². The van der Waals surface area contributed by atoms with Crippen molar-refractivity contribution in [2.75, 3.05) is 20.2 Å². The molecule has 2 aromatic rings. The lowest BCUT2D eigenvalue weighted by molar-refractivity contribution is -0.719. The Labute approximate surface area is 164 Å². The predicted octanol–water partition coefficient (Wildman–Crippen LogP) is 3.69. The van der Waals surface area contributed by atoms with E-state index in [0.717, 1.165) is 34.4 Å². The number of quaternary nitrogens is 1. The maximum absolute atomic E-state index is 13.1. The molecule has 0 aromatic heterocycles. The van der Waals surface area contributed by atoms with E-state index in [1.165, 1.54) is 0 Å². The lowest BCUT2D eigenvalue weighted by Crippen LogP contribution is -2.88. The van der Waals surface area contributed by atoms with Gasteiger partial charge in [0.15, 0.2) is 6.04 Å². The summed E-state index contributed by atoms with van der Waals surface area (Å²) >= 11 is 3.55. The first-order valence-corrected chi connectivity index (χ1v) is 9.83. The van der Waals surface area contributed by atoms with Gasteiger partial charge < -0.3 is 15.0 Å². The van der Waals surface area contributed by atoms with Gasteiger partial charge in [-0.05, 0) is 54.9 Å². The van der Waals surface area contributed by atoms with E-state index in [1.54, 1.807) is 7.11 Å². The molecule has 0 fully saturated rings. The van der Waals surface area contributed by atoms with Gasteiger partial charge in [0.25, 0.3) is 5.91 Å². The zero-order valence-corrected chi connectivity index (χ0v) is 17.5. The summed E-state index contributed by atoms with van der Waals surface area (Å²) < 4.78 is 6.23. The van der Waals surface area contributed by atoms with E-state index in [-0.39, 0.29) is 18.0 Å². The fourth-order valence-electron chi connectivity index (χ4n) is 3.09. The van der Waals surface area contributed by atoms with Crippen molar-refractivity contribution >= 4 is 21.8 Å². The second-order valence-corrected chi connectivity index (χ2v) is 7.13. The van der Waals surface area contributed by atoms with Crippen molar-refractivity contribution in [3.63, 3.8) is 0 Å². The number of carbonyl (C=O) groups is 1. The molecule has 140 valence electrons. The van der Waals surface area contributed by atoms with Crippen LogP contribution in [0.25, 0.3) is 0 Å². The Morgan fingerprint density at radius 3 is 2.31 bits per heavy atom. The molecule has 2 N–H and O–H groups in total. The molecular formula is C21H28BrN2O2+. The van der Waals surface area contributed by atoms with Crippen LogP contribution in [0.3, 0.4) is 0 Å². The van der Waals surface area contributed by atoms with Crippen LogP contribution in [0.2, 0.25) is 0 Å². The number of nitrogens with zero attached hydrogens (tertiary/aromatic N) is 1. The number of benzene rings is 2. The van der Waals surface area contributed by atoms with Gasteiger partial charge in [-0.1, -0.05) is 30.3 Å². The summed E-state index contributed by atoms with van der Waals surface area (Å²) in [5.74, 6) is 0.959. The number of hydrogen-bond donors (Lipinski definition) is 1. The number of amides is 1. The zero-order chi connectivity index (χ0) is 19.1. The quantitative estimate of drug-likeness (QED) is 0.708. The first kappa shape index (κ1) is 20.5. The minimum absolute atomic E-state index is 0.127. The van der Waals surface area contributed by atoms with Gasteiger partial charge in [0.2, 0.25) is 0 Å². The van der Waals surface area contributed by atoms with Crippen molar-refractivity contribution in [3.05, 3.63) is 64.1 Å². The van der Waals surface area contributed by atoms with E-state index in [0.29, 0.717) is 0 Å². The van der Waals surface area contributed by atoms with Gasteiger partial charge >= 0.3 is 0 Å². The average molecular weight is 420 g/mol. The van der Waals surface area contributed by atoms with Crippen molar-refractivity contribution in [2.24, 2.45) is 0 Å². The molecule has 0 aliphatic carbocycles. The summed E-state index contributed by atoms with van der Waals surface area (Å²) in [6, 6.07) is 15.9. The monoisotopic (exact) mass is 419 g/mol. The van der Waals surface area contributed by atoms with Crippen molar-refractivity contribution in [2.45, 2.75) is 32.9 Å². The van der Waals surface area contributed by atoms with Crippen LogP contribution in [0.4, 0.5) is 0 Å². The lowest BCUT2D eigenvalue weighted by Gasteiger charge is -2.26. The van der Waals surface area contributed by atoms with Gasteiger partial charge in [-0.2, -0.15) is 0 Å². The van der Waals surface area contributed by atoms with Crippen LogP contribution in [0, 0.1) is 0 Å². The number of likely N-dealkylation sites (N-methyl/N-ethyl adjacent to an activating group) is 1. The molecule has 0 spiro atoms. The minimum atomic E-state index is -0.257. The molecule has 0 saturated heterocycles. The number of carbonyl (C=O) groups excluding carboxylic acids is 1. The molecule has 26 heavy (non-hydrogen) atoms. The number of nitrogens with two attached hydrogens (primary N) is 1. The Kier molecular flexibility index (Phi) is 7.66. The third-order valence-electron chi connectivity index (χ3n) is 4.68. The Hall–Kier alpha value is -1.85. The van der Waals surface area contributed by atoms with E-state index in [4.69, 9.17) is 4.74 Å². The molecule has 0 radical (unpaired) electrons. The highest BCUT2D eigenvalue weighted by Crippen LogP contribution is 2.27. The zero-order valence-electron chi connectivity index (χ0n) is 15.9. The summed E-state index contributed by atoms with van der Waals surface area (Å²) in [4.78, 5) is 15.0. The van der Waals surface area contributed by atoms with Gasteiger partial charge in [0, 0.05) is 24.2 Å². The fourth-order valence-corrected chi connectivity index (χ4v) is 3.65. The van der Waals surface area contributed by atoms with Crippen LogP contribution in [-0.2, 0) is 4.79 Å².